The lowest BCUT2D eigenvalue weighted by molar-refractivity contribution is -0.146. The maximum absolute atomic E-state index is 14.2. The van der Waals surface area contributed by atoms with Crippen molar-refractivity contribution < 1.29 is 23.9 Å². The minimum absolute atomic E-state index is 0.257. The first-order chi connectivity index (χ1) is 19.4. The predicted molar refractivity (Wildman–Crippen MR) is 158 cm³/mol. The van der Waals surface area contributed by atoms with E-state index in [0.29, 0.717) is 24.1 Å². The molecule has 0 bridgehead atoms. The van der Waals surface area contributed by atoms with E-state index in [1.807, 2.05) is 73.7 Å². The van der Waals surface area contributed by atoms with Gasteiger partial charge in [0.1, 0.15) is 17.7 Å². The van der Waals surface area contributed by atoms with Gasteiger partial charge in [-0.15, -0.1) is 0 Å². The molecule has 1 aliphatic rings. The number of nitrogens with two attached hydrogens (primary N) is 1. The molecule has 0 heterocycles. The van der Waals surface area contributed by atoms with E-state index >= 15 is 0 Å². The Morgan fingerprint density at radius 3 is 2.22 bits per heavy atom. The lowest BCUT2D eigenvalue weighted by Gasteiger charge is -2.43. The van der Waals surface area contributed by atoms with Crippen LogP contribution in [0.5, 0.6) is 0 Å². The van der Waals surface area contributed by atoms with E-state index in [2.05, 4.69) is 10.6 Å². The van der Waals surface area contributed by atoms with Crippen molar-refractivity contribution in [1.82, 2.24) is 10.2 Å². The highest BCUT2D eigenvalue weighted by Gasteiger charge is 2.42. The number of ether oxygens (including phenoxy) is 1. The van der Waals surface area contributed by atoms with Crippen LogP contribution in [-0.4, -0.2) is 46.4 Å². The molecule has 9 heteroatoms. The van der Waals surface area contributed by atoms with Crippen LogP contribution in [0, 0.1) is 6.92 Å². The number of fused-ring (bicyclic) bond motifs is 1. The van der Waals surface area contributed by atoms with Gasteiger partial charge in [-0.1, -0.05) is 60.2 Å². The van der Waals surface area contributed by atoms with Crippen molar-refractivity contribution in [3.05, 3.63) is 77.9 Å². The summed E-state index contributed by atoms with van der Waals surface area (Å²) >= 11 is 0. The molecule has 3 aromatic carbocycles. The van der Waals surface area contributed by atoms with Gasteiger partial charge in [0.2, 0.25) is 11.8 Å². The molecule has 2 atom stereocenters. The number of amides is 4. The molecule has 1 saturated carbocycles. The Morgan fingerprint density at radius 2 is 1.63 bits per heavy atom. The van der Waals surface area contributed by atoms with Crippen LogP contribution < -0.4 is 16.4 Å². The Kier molecular flexibility index (Phi) is 8.95. The van der Waals surface area contributed by atoms with Gasteiger partial charge in [-0.2, -0.15) is 0 Å². The normalized spacial score (nSPS) is 14.8. The van der Waals surface area contributed by atoms with Gasteiger partial charge in [0.15, 0.2) is 0 Å². The van der Waals surface area contributed by atoms with Crippen LogP contribution in [0.4, 0.5) is 10.5 Å². The molecule has 2 unspecified atom stereocenters. The monoisotopic (exact) mass is 558 g/mol. The SMILES string of the molecule is Cc1ccc(C(C(=O)Nc2ccc3ccccc3c2)N(C(=O)C(CC(N)=O)NC(=O)OC(C)(C)C)C2CCC2)cc1. The van der Waals surface area contributed by atoms with Gasteiger partial charge in [0.05, 0.1) is 6.42 Å². The summed E-state index contributed by atoms with van der Waals surface area (Å²) < 4.78 is 5.35. The third-order valence-electron chi connectivity index (χ3n) is 7.05. The van der Waals surface area contributed by atoms with Gasteiger partial charge in [0, 0.05) is 11.7 Å². The fourth-order valence-electron chi connectivity index (χ4n) is 4.88. The van der Waals surface area contributed by atoms with Crippen LogP contribution >= 0.6 is 0 Å². The Bertz CT molecular complexity index is 1430. The molecule has 0 saturated heterocycles. The molecule has 9 nitrogen and oxygen atoms in total. The first kappa shape index (κ1) is 29.6. The molecule has 4 N–H and O–H groups in total. The van der Waals surface area contributed by atoms with E-state index in [0.717, 1.165) is 22.8 Å². The molecule has 3 aromatic rings. The first-order valence-electron chi connectivity index (χ1n) is 13.9. The fraction of sp³-hybridized carbons (Fsp3) is 0.375. The predicted octanol–water partition coefficient (Wildman–Crippen LogP) is 4.98. The van der Waals surface area contributed by atoms with Crippen molar-refractivity contribution >= 4 is 40.3 Å². The smallest absolute Gasteiger partial charge is 0.408 e. The Balaban J connectivity index is 1.71. The number of rotatable bonds is 9. The van der Waals surface area contributed by atoms with E-state index in [1.54, 1.807) is 20.8 Å². The maximum atomic E-state index is 14.2. The van der Waals surface area contributed by atoms with Crippen LogP contribution in [0.2, 0.25) is 0 Å². The molecular formula is C32H38N4O5. The van der Waals surface area contributed by atoms with Gasteiger partial charge in [-0.05, 0) is 75.4 Å². The quantitative estimate of drug-likeness (QED) is 0.341. The molecule has 0 radical (unpaired) electrons. The summed E-state index contributed by atoms with van der Waals surface area (Å²) in [5.41, 5.74) is 6.88. The average molecular weight is 559 g/mol. The van der Waals surface area contributed by atoms with Crippen molar-refractivity contribution in [3.63, 3.8) is 0 Å². The zero-order valence-electron chi connectivity index (χ0n) is 24.0. The standard InChI is InChI=1S/C32H38N4O5/c1-20-12-14-22(15-13-20)28(29(38)34-24-17-16-21-8-5-6-9-23(21)18-24)36(25-10-7-11-25)30(39)26(19-27(33)37)35-31(40)41-32(2,3)4/h5-6,8-9,12-18,25-26,28H,7,10-11,19H2,1-4H3,(H2,33,37)(H,34,38)(H,35,40). The van der Waals surface area contributed by atoms with Gasteiger partial charge in [0.25, 0.3) is 5.91 Å². The second-order valence-corrected chi connectivity index (χ2v) is 11.6. The lowest BCUT2D eigenvalue weighted by atomic mass is 9.87. The number of alkyl carbamates (subject to hydrolysis) is 1. The van der Waals surface area contributed by atoms with Crippen LogP contribution in [0.25, 0.3) is 10.8 Å². The number of hydrogen-bond acceptors (Lipinski definition) is 5. The number of nitrogens with zero attached hydrogens (tertiary/aromatic N) is 1. The summed E-state index contributed by atoms with van der Waals surface area (Å²) in [6.07, 6.45) is 0.980. The Hall–Kier alpha value is -4.40. The van der Waals surface area contributed by atoms with Gasteiger partial charge in [-0.3, -0.25) is 14.4 Å². The number of anilines is 1. The lowest BCUT2D eigenvalue weighted by Crippen LogP contribution is -2.57. The van der Waals surface area contributed by atoms with E-state index in [1.165, 1.54) is 4.90 Å². The number of nitrogens with one attached hydrogen (secondary N) is 2. The second-order valence-electron chi connectivity index (χ2n) is 11.6. The first-order valence-corrected chi connectivity index (χ1v) is 13.9. The molecule has 0 aromatic heterocycles. The summed E-state index contributed by atoms with van der Waals surface area (Å²) in [4.78, 5) is 54.4. The molecule has 1 aliphatic carbocycles. The Morgan fingerprint density at radius 1 is 0.976 bits per heavy atom. The van der Waals surface area contributed by atoms with Crippen molar-refractivity contribution in [1.29, 1.82) is 0 Å². The zero-order valence-corrected chi connectivity index (χ0v) is 24.0. The van der Waals surface area contributed by atoms with E-state index < -0.39 is 47.9 Å². The molecule has 0 aliphatic heterocycles. The summed E-state index contributed by atoms with van der Waals surface area (Å²) in [6, 6.07) is 18.3. The minimum atomic E-state index is -1.30. The molecular weight excluding hydrogens is 520 g/mol. The number of primary amides is 1. The van der Waals surface area contributed by atoms with Crippen LogP contribution in [0.15, 0.2) is 66.7 Å². The van der Waals surface area contributed by atoms with Crippen LogP contribution in [-0.2, 0) is 19.1 Å². The minimum Gasteiger partial charge on any atom is -0.444 e. The van der Waals surface area contributed by atoms with Crippen molar-refractivity contribution in [2.24, 2.45) is 5.73 Å². The maximum Gasteiger partial charge on any atom is 0.408 e. The average Bonchev–Trinajstić information content (AvgIpc) is 2.86. The van der Waals surface area contributed by atoms with E-state index in [-0.39, 0.29) is 6.04 Å². The second kappa shape index (κ2) is 12.4. The summed E-state index contributed by atoms with van der Waals surface area (Å²) in [5, 5.41) is 7.53. The number of aryl methyl sites for hydroxylation is 1. The molecule has 41 heavy (non-hydrogen) atoms. The molecule has 4 rings (SSSR count). The highest BCUT2D eigenvalue weighted by molar-refractivity contribution is 6.01. The van der Waals surface area contributed by atoms with Crippen LogP contribution in [0.1, 0.15) is 63.6 Å². The highest BCUT2D eigenvalue weighted by atomic mass is 16.6. The van der Waals surface area contributed by atoms with Gasteiger partial charge in [-0.25, -0.2) is 4.79 Å². The topological polar surface area (TPSA) is 131 Å². The number of hydrogen-bond donors (Lipinski definition) is 3. The van der Waals surface area contributed by atoms with Crippen molar-refractivity contribution in [2.45, 2.75) is 77.1 Å². The van der Waals surface area contributed by atoms with E-state index in [9.17, 15) is 19.2 Å². The highest BCUT2D eigenvalue weighted by Crippen LogP contribution is 2.35. The molecule has 4 amide bonds. The fourth-order valence-corrected chi connectivity index (χ4v) is 4.88. The Labute approximate surface area is 240 Å². The molecule has 216 valence electrons. The van der Waals surface area contributed by atoms with Gasteiger partial charge >= 0.3 is 6.09 Å². The zero-order chi connectivity index (χ0) is 29.7. The number of benzene rings is 3. The molecule has 1 fully saturated rings. The van der Waals surface area contributed by atoms with Crippen molar-refractivity contribution in [2.75, 3.05) is 5.32 Å². The van der Waals surface area contributed by atoms with Crippen molar-refractivity contribution in [3.8, 4) is 0 Å². The number of carbonyl (C=O) groups excluding carboxylic acids is 4. The van der Waals surface area contributed by atoms with Gasteiger partial charge < -0.3 is 26.0 Å². The third kappa shape index (κ3) is 7.63. The molecule has 0 spiro atoms. The summed E-state index contributed by atoms with van der Waals surface area (Å²) in [7, 11) is 0. The summed E-state index contributed by atoms with van der Waals surface area (Å²) in [5.74, 6) is -1.74. The summed E-state index contributed by atoms with van der Waals surface area (Å²) in [6.45, 7) is 7.03. The van der Waals surface area contributed by atoms with Crippen LogP contribution in [0.3, 0.4) is 0 Å². The largest absolute Gasteiger partial charge is 0.444 e. The number of carbonyl (C=O) groups is 4. The third-order valence-corrected chi connectivity index (χ3v) is 7.05. The van der Waals surface area contributed by atoms with E-state index in [4.69, 9.17) is 10.5 Å².